The van der Waals surface area contributed by atoms with Crippen LogP contribution >= 0.6 is 0 Å². The van der Waals surface area contributed by atoms with Gasteiger partial charge in [-0.1, -0.05) is 0 Å². The number of benzene rings is 2. The predicted octanol–water partition coefficient (Wildman–Crippen LogP) is 3.21. The Hall–Kier alpha value is -3.35. The summed E-state index contributed by atoms with van der Waals surface area (Å²) in [5.74, 6) is 2.29. The van der Waals surface area contributed by atoms with E-state index in [-0.39, 0.29) is 12.2 Å². The molecule has 0 amide bonds. The van der Waals surface area contributed by atoms with E-state index in [0.29, 0.717) is 50.8 Å². The van der Waals surface area contributed by atoms with Crippen molar-refractivity contribution in [3.05, 3.63) is 40.8 Å². The van der Waals surface area contributed by atoms with Crippen molar-refractivity contribution < 1.29 is 28.1 Å². The van der Waals surface area contributed by atoms with E-state index in [4.69, 9.17) is 28.1 Å². The van der Waals surface area contributed by atoms with Crippen molar-refractivity contribution in [2.24, 2.45) is 0 Å². The smallest absolute Gasteiger partial charge is 0.231 e. The summed E-state index contributed by atoms with van der Waals surface area (Å²) in [6, 6.07) is 6.71. The molecule has 7 heteroatoms. The van der Waals surface area contributed by atoms with Crippen LogP contribution in [0.1, 0.15) is 0 Å². The van der Waals surface area contributed by atoms with E-state index >= 15 is 0 Å². The number of fused-ring (bicyclic) bond motifs is 2. The molecule has 1 aromatic heterocycles. The van der Waals surface area contributed by atoms with Gasteiger partial charge in [-0.3, -0.25) is 4.79 Å². The Morgan fingerprint density at radius 1 is 0.923 bits per heavy atom. The van der Waals surface area contributed by atoms with Crippen LogP contribution in [0.15, 0.2) is 39.7 Å². The van der Waals surface area contributed by atoms with Crippen molar-refractivity contribution in [2.75, 3.05) is 28.1 Å². The zero-order valence-corrected chi connectivity index (χ0v) is 14.5. The predicted molar refractivity (Wildman–Crippen MR) is 93.7 cm³/mol. The SMILES string of the molecule is COc1ccc2c(=O)c(-c3cc(OC)c4c(c3OC)OCO4)coc2c1. The highest BCUT2D eigenvalue weighted by Gasteiger charge is 2.28. The highest BCUT2D eigenvalue weighted by Crippen LogP contribution is 2.52. The van der Waals surface area contributed by atoms with Crippen LogP contribution in [0.4, 0.5) is 0 Å². The van der Waals surface area contributed by atoms with Gasteiger partial charge in [0.25, 0.3) is 0 Å². The average molecular weight is 356 g/mol. The van der Waals surface area contributed by atoms with Gasteiger partial charge < -0.3 is 28.1 Å². The van der Waals surface area contributed by atoms with Crippen LogP contribution in [0, 0.1) is 0 Å². The molecule has 7 nitrogen and oxygen atoms in total. The lowest BCUT2D eigenvalue weighted by molar-refractivity contribution is 0.168. The number of hydrogen-bond donors (Lipinski definition) is 0. The van der Waals surface area contributed by atoms with E-state index in [2.05, 4.69) is 0 Å². The molecule has 0 atom stereocenters. The second-order valence-corrected chi connectivity index (χ2v) is 5.57. The van der Waals surface area contributed by atoms with E-state index in [1.54, 1.807) is 31.4 Å². The van der Waals surface area contributed by atoms with E-state index < -0.39 is 0 Å². The summed E-state index contributed by atoms with van der Waals surface area (Å²) < 4.78 is 32.6. The molecule has 0 aliphatic carbocycles. The van der Waals surface area contributed by atoms with Gasteiger partial charge in [-0.15, -0.1) is 0 Å². The standard InChI is InChI=1S/C19H16O7/c1-21-10-4-5-11-14(6-10)24-8-13(16(11)20)12-7-15(22-2)18-19(17(12)23-3)26-9-25-18/h4-8H,9H2,1-3H3. The Labute approximate surface area is 148 Å². The maximum atomic E-state index is 13.0. The molecule has 0 fully saturated rings. The first-order valence-corrected chi connectivity index (χ1v) is 7.82. The third-order valence-electron chi connectivity index (χ3n) is 4.26. The normalized spacial score (nSPS) is 12.3. The quantitative estimate of drug-likeness (QED) is 0.710. The van der Waals surface area contributed by atoms with E-state index in [1.807, 2.05) is 0 Å². The molecule has 2 heterocycles. The third-order valence-corrected chi connectivity index (χ3v) is 4.26. The van der Waals surface area contributed by atoms with Gasteiger partial charge in [0.2, 0.25) is 23.7 Å². The molecule has 1 aliphatic rings. The lowest BCUT2D eigenvalue weighted by atomic mass is 10.0. The van der Waals surface area contributed by atoms with Crippen LogP contribution in [0.3, 0.4) is 0 Å². The van der Waals surface area contributed by atoms with Crippen LogP contribution < -0.4 is 29.1 Å². The summed E-state index contributed by atoms with van der Waals surface area (Å²) in [7, 11) is 4.57. The molecule has 1 aliphatic heterocycles. The first-order chi connectivity index (χ1) is 12.7. The minimum absolute atomic E-state index is 0.0532. The largest absolute Gasteiger partial charge is 0.497 e. The summed E-state index contributed by atoms with van der Waals surface area (Å²) >= 11 is 0. The van der Waals surface area contributed by atoms with E-state index in [1.165, 1.54) is 20.5 Å². The zero-order chi connectivity index (χ0) is 18.3. The maximum Gasteiger partial charge on any atom is 0.231 e. The second-order valence-electron chi connectivity index (χ2n) is 5.57. The van der Waals surface area contributed by atoms with Crippen LogP contribution in [0.25, 0.3) is 22.1 Å². The number of hydrogen-bond acceptors (Lipinski definition) is 7. The summed E-state index contributed by atoms with van der Waals surface area (Å²) in [6.45, 7) is 0.0532. The van der Waals surface area contributed by atoms with E-state index in [9.17, 15) is 4.79 Å². The molecule has 0 saturated heterocycles. The highest BCUT2D eigenvalue weighted by molar-refractivity contribution is 5.86. The van der Waals surface area contributed by atoms with Gasteiger partial charge in [0.1, 0.15) is 17.6 Å². The maximum absolute atomic E-state index is 13.0. The van der Waals surface area contributed by atoms with Gasteiger partial charge in [0, 0.05) is 11.6 Å². The Morgan fingerprint density at radius 3 is 2.46 bits per heavy atom. The van der Waals surface area contributed by atoms with Gasteiger partial charge in [0.05, 0.1) is 32.3 Å². The Bertz CT molecular complexity index is 1050. The molecule has 2 aromatic carbocycles. The van der Waals surface area contributed by atoms with Crippen molar-refractivity contribution in [3.63, 3.8) is 0 Å². The van der Waals surface area contributed by atoms with Gasteiger partial charge in [-0.2, -0.15) is 0 Å². The topological polar surface area (TPSA) is 76.4 Å². The van der Waals surface area contributed by atoms with Crippen LogP contribution in [0.2, 0.25) is 0 Å². The van der Waals surface area contributed by atoms with Crippen molar-refractivity contribution in [2.45, 2.75) is 0 Å². The molecule has 3 aromatic rings. The zero-order valence-electron chi connectivity index (χ0n) is 14.5. The van der Waals surface area contributed by atoms with Gasteiger partial charge in [-0.25, -0.2) is 0 Å². The summed E-state index contributed by atoms with van der Waals surface area (Å²) in [5.41, 5.74) is 1.06. The minimum atomic E-state index is -0.201. The summed E-state index contributed by atoms with van der Waals surface area (Å²) in [6.07, 6.45) is 1.39. The Balaban J connectivity index is 1.98. The van der Waals surface area contributed by atoms with Crippen LogP contribution in [-0.4, -0.2) is 28.1 Å². The lowest BCUT2D eigenvalue weighted by Crippen LogP contribution is -2.06. The Kier molecular flexibility index (Phi) is 3.84. The molecular formula is C19H16O7. The summed E-state index contributed by atoms with van der Waals surface area (Å²) in [5, 5.41) is 0.432. The molecular weight excluding hydrogens is 340 g/mol. The molecule has 0 bridgehead atoms. The number of ether oxygens (including phenoxy) is 5. The fourth-order valence-electron chi connectivity index (χ4n) is 2.99. The molecule has 0 radical (unpaired) electrons. The first kappa shape index (κ1) is 16.1. The van der Waals surface area contributed by atoms with Gasteiger partial charge in [-0.05, 0) is 18.2 Å². The number of methoxy groups -OCH3 is 3. The van der Waals surface area contributed by atoms with Crippen molar-refractivity contribution >= 4 is 11.0 Å². The minimum Gasteiger partial charge on any atom is -0.497 e. The Morgan fingerprint density at radius 2 is 1.73 bits per heavy atom. The van der Waals surface area contributed by atoms with E-state index in [0.717, 1.165) is 0 Å². The fraction of sp³-hybridized carbons (Fsp3) is 0.211. The molecule has 134 valence electrons. The molecule has 0 N–H and O–H groups in total. The molecule has 4 rings (SSSR count). The molecule has 0 spiro atoms. The third kappa shape index (κ3) is 2.32. The number of rotatable bonds is 4. The molecule has 26 heavy (non-hydrogen) atoms. The fourth-order valence-corrected chi connectivity index (χ4v) is 2.99. The van der Waals surface area contributed by atoms with Gasteiger partial charge in [0.15, 0.2) is 11.5 Å². The lowest BCUT2D eigenvalue weighted by Gasteiger charge is -2.13. The van der Waals surface area contributed by atoms with Crippen LogP contribution in [0.5, 0.6) is 28.7 Å². The van der Waals surface area contributed by atoms with Crippen molar-refractivity contribution in [1.29, 1.82) is 0 Å². The van der Waals surface area contributed by atoms with Crippen LogP contribution in [-0.2, 0) is 0 Å². The molecule has 0 saturated carbocycles. The average Bonchev–Trinajstić information content (AvgIpc) is 3.16. The monoisotopic (exact) mass is 356 g/mol. The summed E-state index contributed by atoms with van der Waals surface area (Å²) in [4.78, 5) is 13.0. The highest BCUT2D eigenvalue weighted by atomic mass is 16.7. The van der Waals surface area contributed by atoms with Crippen molar-refractivity contribution in [3.8, 4) is 39.9 Å². The first-order valence-electron chi connectivity index (χ1n) is 7.82. The van der Waals surface area contributed by atoms with Gasteiger partial charge >= 0.3 is 0 Å². The molecule has 0 unspecified atom stereocenters. The second kappa shape index (κ2) is 6.18. The van der Waals surface area contributed by atoms with Crippen molar-refractivity contribution in [1.82, 2.24) is 0 Å².